The van der Waals surface area contributed by atoms with Gasteiger partial charge in [0, 0.05) is 5.33 Å². The number of halogens is 2. The Morgan fingerprint density at radius 2 is 1.86 bits per heavy atom. The molecular weight excluding hydrogens is 226 g/mol. The van der Waals surface area contributed by atoms with Crippen LogP contribution in [-0.4, -0.2) is 16.1 Å². The van der Waals surface area contributed by atoms with Gasteiger partial charge in [-0.15, -0.1) is 0 Å². The molecule has 0 aliphatic carbocycles. The van der Waals surface area contributed by atoms with Crippen molar-refractivity contribution in [3.05, 3.63) is 0 Å². The fourth-order valence-electron chi connectivity index (χ4n) is 0.0772. The normalized spacial score (nSPS) is 6.86. The molecule has 0 aromatic rings. The van der Waals surface area contributed by atoms with Crippen molar-refractivity contribution in [3.63, 3.8) is 0 Å². The number of hydrogen-bond donors (Lipinski definition) is 2. The average molecular weight is 235 g/mol. The van der Waals surface area contributed by atoms with Crippen molar-refractivity contribution in [2.75, 3.05) is 11.9 Å². The molecule has 0 aliphatic heterocycles. The van der Waals surface area contributed by atoms with Crippen LogP contribution in [-0.2, 0) is 0 Å². The highest BCUT2D eigenvalue weighted by Crippen LogP contribution is 1.80. The largest absolute Gasteiger partial charge is 0.330 e. The SMILES string of the molecule is NCCCBr.OBr. The highest BCUT2D eigenvalue weighted by atomic mass is 79.9. The molecule has 0 radical (unpaired) electrons. The van der Waals surface area contributed by atoms with Crippen molar-refractivity contribution in [1.82, 2.24) is 0 Å². The molecule has 0 bridgehead atoms. The fraction of sp³-hybridized carbons (Fsp3) is 1.00. The van der Waals surface area contributed by atoms with Gasteiger partial charge in [-0.3, -0.25) is 0 Å². The van der Waals surface area contributed by atoms with Gasteiger partial charge in [0.05, 0.1) is 16.3 Å². The lowest BCUT2D eigenvalue weighted by Gasteiger charge is -1.78. The predicted octanol–water partition coefficient (Wildman–Crippen LogP) is 1.02. The Bertz CT molecular complexity index is 20.4. The summed E-state index contributed by atoms with van der Waals surface area (Å²) in [5.74, 6) is 0. The molecule has 7 heavy (non-hydrogen) atoms. The minimum Gasteiger partial charge on any atom is -0.330 e. The molecule has 0 heterocycles. The highest BCUT2D eigenvalue weighted by molar-refractivity contribution is 9.09. The third-order valence-electron chi connectivity index (χ3n) is 0.338. The first-order valence-electron chi connectivity index (χ1n) is 1.84. The van der Waals surface area contributed by atoms with E-state index in [2.05, 4.69) is 15.9 Å². The van der Waals surface area contributed by atoms with Gasteiger partial charge in [-0.05, 0) is 13.0 Å². The molecule has 0 saturated carbocycles. The van der Waals surface area contributed by atoms with Crippen LogP contribution in [0.25, 0.3) is 0 Å². The summed E-state index contributed by atoms with van der Waals surface area (Å²) in [7, 11) is 0. The third-order valence-corrected chi connectivity index (χ3v) is 0.898. The second kappa shape index (κ2) is 15.8. The van der Waals surface area contributed by atoms with E-state index in [1.54, 1.807) is 0 Å². The van der Waals surface area contributed by atoms with Crippen LogP contribution >= 0.6 is 32.2 Å². The Kier molecular flexibility index (Phi) is 24.4. The van der Waals surface area contributed by atoms with Gasteiger partial charge in [-0.2, -0.15) is 0 Å². The molecular formula is C3H9Br2NO. The Hall–Kier alpha value is 0.880. The van der Waals surface area contributed by atoms with E-state index in [9.17, 15) is 0 Å². The summed E-state index contributed by atoms with van der Waals surface area (Å²) in [4.78, 5) is 0. The van der Waals surface area contributed by atoms with E-state index in [-0.39, 0.29) is 0 Å². The molecule has 0 saturated heterocycles. The van der Waals surface area contributed by atoms with Crippen LogP contribution in [0.3, 0.4) is 0 Å². The summed E-state index contributed by atoms with van der Waals surface area (Å²) < 4.78 is 6.81. The summed E-state index contributed by atoms with van der Waals surface area (Å²) in [6.45, 7) is 0.797. The first kappa shape index (κ1) is 10.8. The van der Waals surface area contributed by atoms with Crippen molar-refractivity contribution in [2.45, 2.75) is 6.42 Å². The zero-order valence-electron chi connectivity index (χ0n) is 3.90. The van der Waals surface area contributed by atoms with Gasteiger partial charge in [0.1, 0.15) is 0 Å². The lowest BCUT2D eigenvalue weighted by atomic mass is 10.5. The molecule has 0 aromatic carbocycles. The first-order chi connectivity index (χ1) is 3.41. The van der Waals surface area contributed by atoms with Crippen LogP contribution in [0.5, 0.6) is 0 Å². The molecule has 0 amide bonds. The van der Waals surface area contributed by atoms with Gasteiger partial charge in [0.15, 0.2) is 0 Å². The van der Waals surface area contributed by atoms with Gasteiger partial charge in [-0.25, -0.2) is 0 Å². The average Bonchev–Trinajstić information content (AvgIpc) is 1.75. The Morgan fingerprint density at radius 3 is 1.86 bits per heavy atom. The number of rotatable bonds is 2. The Balaban J connectivity index is 0. The maximum Gasteiger partial charge on any atom is 0.0957 e. The number of alkyl halides is 1. The van der Waals surface area contributed by atoms with E-state index < -0.39 is 0 Å². The van der Waals surface area contributed by atoms with E-state index in [1.807, 2.05) is 16.3 Å². The van der Waals surface area contributed by atoms with Crippen LogP contribution in [0, 0.1) is 0 Å². The number of hydrogen-bond acceptors (Lipinski definition) is 2. The molecule has 0 spiro atoms. The zero-order valence-corrected chi connectivity index (χ0v) is 7.07. The van der Waals surface area contributed by atoms with Crippen molar-refractivity contribution < 1.29 is 4.20 Å². The standard InChI is InChI=1S/C3H8BrN.BrHO/c4-2-1-3-5;1-2/h1-3,5H2;2H. The Morgan fingerprint density at radius 1 is 1.43 bits per heavy atom. The molecule has 4 heteroatoms. The molecule has 0 unspecified atom stereocenters. The van der Waals surface area contributed by atoms with Gasteiger partial charge in [-0.1, -0.05) is 15.9 Å². The van der Waals surface area contributed by atoms with E-state index in [4.69, 9.17) is 9.93 Å². The maximum absolute atomic E-state index is 6.81. The molecule has 46 valence electrons. The summed E-state index contributed by atoms with van der Waals surface area (Å²) in [6.07, 6.45) is 1.08. The molecule has 0 fully saturated rings. The first-order valence-corrected chi connectivity index (χ1v) is 3.68. The van der Waals surface area contributed by atoms with Crippen LogP contribution in [0.1, 0.15) is 6.42 Å². The van der Waals surface area contributed by atoms with Crippen LogP contribution < -0.4 is 5.73 Å². The molecule has 0 rings (SSSR count). The van der Waals surface area contributed by atoms with Gasteiger partial charge >= 0.3 is 0 Å². The smallest absolute Gasteiger partial charge is 0.0957 e. The monoisotopic (exact) mass is 233 g/mol. The van der Waals surface area contributed by atoms with Crippen molar-refractivity contribution in [2.24, 2.45) is 5.73 Å². The van der Waals surface area contributed by atoms with Crippen molar-refractivity contribution in [1.29, 1.82) is 0 Å². The summed E-state index contributed by atoms with van der Waals surface area (Å²) in [5.41, 5.74) is 5.11. The molecule has 0 atom stereocenters. The van der Waals surface area contributed by atoms with Crippen molar-refractivity contribution in [3.8, 4) is 0 Å². The Labute approximate surface area is 60.7 Å². The van der Waals surface area contributed by atoms with Gasteiger partial charge in [0.25, 0.3) is 0 Å². The third kappa shape index (κ3) is 19.8. The molecule has 2 nitrogen and oxygen atoms in total. The van der Waals surface area contributed by atoms with Crippen molar-refractivity contribution >= 4 is 32.2 Å². The van der Waals surface area contributed by atoms with Gasteiger partial charge < -0.3 is 9.93 Å². The quantitative estimate of drug-likeness (QED) is 0.701. The lowest BCUT2D eigenvalue weighted by molar-refractivity contribution is 0.702. The summed E-state index contributed by atoms with van der Waals surface area (Å²) in [6, 6.07) is 0. The number of nitrogens with two attached hydrogens (primary N) is 1. The molecule has 0 aromatic heterocycles. The maximum atomic E-state index is 6.81. The fourth-order valence-corrected chi connectivity index (χ4v) is 0.401. The van der Waals surface area contributed by atoms with Crippen LogP contribution in [0.4, 0.5) is 0 Å². The minimum absolute atomic E-state index is 0.797. The zero-order chi connectivity index (χ0) is 6.12. The second-order valence-electron chi connectivity index (χ2n) is 0.831. The van der Waals surface area contributed by atoms with E-state index >= 15 is 0 Å². The topological polar surface area (TPSA) is 46.2 Å². The van der Waals surface area contributed by atoms with Crippen LogP contribution in [0.2, 0.25) is 0 Å². The predicted molar refractivity (Wildman–Crippen MR) is 38.6 cm³/mol. The molecule has 3 N–H and O–H groups in total. The van der Waals surface area contributed by atoms with E-state index in [0.717, 1.165) is 18.3 Å². The highest BCUT2D eigenvalue weighted by Gasteiger charge is 1.69. The van der Waals surface area contributed by atoms with E-state index in [0.29, 0.717) is 0 Å². The minimum atomic E-state index is 0.797. The second-order valence-corrected chi connectivity index (χ2v) is 1.62. The lowest BCUT2D eigenvalue weighted by Crippen LogP contribution is -1.97. The van der Waals surface area contributed by atoms with Crippen LogP contribution in [0.15, 0.2) is 0 Å². The van der Waals surface area contributed by atoms with E-state index in [1.165, 1.54) is 0 Å². The van der Waals surface area contributed by atoms with Gasteiger partial charge in [0.2, 0.25) is 0 Å². The summed E-state index contributed by atoms with van der Waals surface area (Å²) >= 11 is 5.17. The molecule has 0 aliphatic rings. The summed E-state index contributed by atoms with van der Waals surface area (Å²) in [5, 5.41) is 1.03.